The predicted molar refractivity (Wildman–Crippen MR) is 62.9 cm³/mol. The SMILES string of the molecule is Cc1nc(NC(=O)Oc2ccccc2)cs1. The summed E-state index contributed by atoms with van der Waals surface area (Å²) in [6.07, 6.45) is -0.531. The lowest BCUT2D eigenvalue weighted by molar-refractivity contribution is 0.215. The number of aryl methyl sites for hydroxylation is 1. The van der Waals surface area contributed by atoms with Gasteiger partial charge in [-0.05, 0) is 19.1 Å². The number of thiazole rings is 1. The Morgan fingerprint density at radius 2 is 2.12 bits per heavy atom. The summed E-state index contributed by atoms with van der Waals surface area (Å²) in [5, 5.41) is 5.21. The second-order valence-electron chi connectivity index (χ2n) is 3.08. The Hall–Kier alpha value is -1.88. The fraction of sp³-hybridized carbons (Fsp3) is 0.0909. The van der Waals surface area contributed by atoms with E-state index in [1.807, 2.05) is 13.0 Å². The number of rotatable bonds is 2. The standard InChI is InChI=1S/C11H10N2O2S/c1-8-12-10(7-16-8)13-11(14)15-9-5-3-2-4-6-9/h2-7H,1H3,(H,13,14). The summed E-state index contributed by atoms with van der Waals surface area (Å²) in [7, 11) is 0. The van der Waals surface area contributed by atoms with Crippen LogP contribution < -0.4 is 10.1 Å². The molecular weight excluding hydrogens is 224 g/mol. The Morgan fingerprint density at radius 3 is 2.75 bits per heavy atom. The van der Waals surface area contributed by atoms with Crippen LogP contribution in [0.4, 0.5) is 10.6 Å². The Morgan fingerprint density at radius 1 is 1.38 bits per heavy atom. The number of hydrogen-bond donors (Lipinski definition) is 1. The Labute approximate surface area is 96.9 Å². The van der Waals surface area contributed by atoms with E-state index in [9.17, 15) is 4.79 Å². The van der Waals surface area contributed by atoms with Gasteiger partial charge in [-0.25, -0.2) is 9.78 Å². The number of hydrogen-bond acceptors (Lipinski definition) is 4. The molecule has 4 nitrogen and oxygen atoms in total. The zero-order valence-electron chi connectivity index (χ0n) is 8.64. The minimum Gasteiger partial charge on any atom is -0.410 e. The van der Waals surface area contributed by atoms with Gasteiger partial charge in [-0.15, -0.1) is 11.3 Å². The summed E-state index contributed by atoms with van der Waals surface area (Å²) >= 11 is 1.47. The molecule has 0 radical (unpaired) electrons. The fourth-order valence-electron chi connectivity index (χ4n) is 1.15. The third kappa shape index (κ3) is 2.80. The van der Waals surface area contributed by atoms with Crippen molar-refractivity contribution < 1.29 is 9.53 Å². The molecule has 1 amide bonds. The lowest BCUT2D eigenvalue weighted by Crippen LogP contribution is -2.16. The minimum atomic E-state index is -0.531. The van der Waals surface area contributed by atoms with Crippen LogP contribution in [0.1, 0.15) is 5.01 Å². The van der Waals surface area contributed by atoms with E-state index in [2.05, 4.69) is 10.3 Å². The molecule has 1 aromatic heterocycles. The molecule has 0 saturated heterocycles. The molecule has 0 unspecified atom stereocenters. The zero-order chi connectivity index (χ0) is 11.4. The molecule has 0 aliphatic rings. The van der Waals surface area contributed by atoms with Crippen LogP contribution in [0.25, 0.3) is 0 Å². The third-order valence-corrected chi connectivity index (χ3v) is 2.58. The van der Waals surface area contributed by atoms with Crippen LogP contribution in [-0.2, 0) is 0 Å². The molecule has 0 saturated carbocycles. The third-order valence-electron chi connectivity index (χ3n) is 1.80. The molecule has 0 aliphatic carbocycles. The van der Waals surface area contributed by atoms with E-state index < -0.39 is 6.09 Å². The van der Waals surface area contributed by atoms with Gasteiger partial charge in [0.25, 0.3) is 0 Å². The first-order valence-electron chi connectivity index (χ1n) is 4.70. The second kappa shape index (κ2) is 4.76. The van der Waals surface area contributed by atoms with Gasteiger partial charge >= 0.3 is 6.09 Å². The minimum absolute atomic E-state index is 0.506. The molecule has 5 heteroatoms. The van der Waals surface area contributed by atoms with Crippen LogP contribution in [0.15, 0.2) is 35.7 Å². The highest BCUT2D eigenvalue weighted by Gasteiger charge is 2.06. The molecule has 0 fully saturated rings. The maximum atomic E-state index is 11.4. The molecule has 16 heavy (non-hydrogen) atoms. The van der Waals surface area contributed by atoms with E-state index in [0.717, 1.165) is 5.01 Å². The van der Waals surface area contributed by atoms with Crippen molar-refractivity contribution >= 4 is 23.2 Å². The van der Waals surface area contributed by atoms with Crippen molar-refractivity contribution in [2.45, 2.75) is 6.92 Å². The number of benzene rings is 1. The number of carbonyl (C=O) groups excluding carboxylic acids is 1. The van der Waals surface area contributed by atoms with Crippen LogP contribution in [0.2, 0.25) is 0 Å². The molecular formula is C11H10N2O2S. The molecule has 2 aromatic rings. The van der Waals surface area contributed by atoms with Gasteiger partial charge in [-0.2, -0.15) is 0 Å². The van der Waals surface area contributed by atoms with Crippen molar-refractivity contribution in [1.29, 1.82) is 0 Å². The lowest BCUT2D eigenvalue weighted by atomic mass is 10.3. The van der Waals surface area contributed by atoms with Gasteiger partial charge in [-0.3, -0.25) is 5.32 Å². The van der Waals surface area contributed by atoms with Crippen molar-refractivity contribution in [3.8, 4) is 5.75 Å². The van der Waals surface area contributed by atoms with Crippen molar-refractivity contribution in [1.82, 2.24) is 4.98 Å². The number of ether oxygens (including phenoxy) is 1. The summed E-state index contributed by atoms with van der Waals surface area (Å²) in [6.45, 7) is 1.87. The summed E-state index contributed by atoms with van der Waals surface area (Å²) < 4.78 is 5.04. The van der Waals surface area contributed by atoms with Gasteiger partial charge in [0, 0.05) is 5.38 Å². The van der Waals surface area contributed by atoms with E-state index in [1.165, 1.54) is 11.3 Å². The summed E-state index contributed by atoms with van der Waals surface area (Å²) in [6, 6.07) is 8.89. The maximum Gasteiger partial charge on any atom is 0.418 e. The molecule has 0 atom stereocenters. The number of carbonyl (C=O) groups is 1. The Balaban J connectivity index is 1.95. The molecule has 82 valence electrons. The van der Waals surface area contributed by atoms with Crippen molar-refractivity contribution in [3.05, 3.63) is 40.7 Å². The molecule has 1 aromatic carbocycles. The number of anilines is 1. The summed E-state index contributed by atoms with van der Waals surface area (Å²) in [4.78, 5) is 15.5. The van der Waals surface area contributed by atoms with Crippen molar-refractivity contribution in [3.63, 3.8) is 0 Å². The number of amides is 1. The molecule has 0 spiro atoms. The van der Waals surface area contributed by atoms with Crippen LogP contribution in [0.5, 0.6) is 5.75 Å². The quantitative estimate of drug-likeness (QED) is 0.868. The van der Waals surface area contributed by atoms with E-state index in [0.29, 0.717) is 11.6 Å². The number of nitrogens with zero attached hydrogens (tertiary/aromatic N) is 1. The average Bonchev–Trinajstić information content (AvgIpc) is 2.65. The Kier molecular flexibility index (Phi) is 3.16. The highest BCUT2D eigenvalue weighted by atomic mass is 32.1. The first kappa shape index (κ1) is 10.6. The molecule has 0 bridgehead atoms. The zero-order valence-corrected chi connectivity index (χ0v) is 9.45. The van der Waals surface area contributed by atoms with Crippen molar-refractivity contribution in [2.24, 2.45) is 0 Å². The molecule has 0 aliphatic heterocycles. The fourth-order valence-corrected chi connectivity index (χ4v) is 1.69. The van der Waals surface area contributed by atoms with Crippen LogP contribution in [-0.4, -0.2) is 11.1 Å². The van der Waals surface area contributed by atoms with Crippen LogP contribution in [0, 0.1) is 6.92 Å². The van der Waals surface area contributed by atoms with E-state index >= 15 is 0 Å². The van der Waals surface area contributed by atoms with E-state index in [1.54, 1.807) is 29.6 Å². The van der Waals surface area contributed by atoms with Crippen LogP contribution >= 0.6 is 11.3 Å². The number of nitrogens with one attached hydrogen (secondary N) is 1. The number of para-hydroxylation sites is 1. The summed E-state index contributed by atoms with van der Waals surface area (Å²) in [5.74, 6) is 1.02. The van der Waals surface area contributed by atoms with Gasteiger partial charge in [0.05, 0.1) is 5.01 Å². The first-order valence-corrected chi connectivity index (χ1v) is 5.58. The van der Waals surface area contributed by atoms with Gasteiger partial charge in [0.1, 0.15) is 11.6 Å². The lowest BCUT2D eigenvalue weighted by Gasteiger charge is -2.03. The smallest absolute Gasteiger partial charge is 0.410 e. The normalized spacial score (nSPS) is 9.81. The Bertz CT molecular complexity index is 482. The predicted octanol–water partition coefficient (Wildman–Crippen LogP) is 3.06. The first-order chi connectivity index (χ1) is 7.74. The van der Waals surface area contributed by atoms with Gasteiger partial charge in [0.2, 0.25) is 0 Å². The topological polar surface area (TPSA) is 51.2 Å². The van der Waals surface area contributed by atoms with Gasteiger partial charge in [0.15, 0.2) is 0 Å². The largest absolute Gasteiger partial charge is 0.418 e. The molecule has 1 N–H and O–H groups in total. The van der Waals surface area contributed by atoms with E-state index in [4.69, 9.17) is 4.74 Å². The van der Waals surface area contributed by atoms with Crippen LogP contribution in [0.3, 0.4) is 0 Å². The monoisotopic (exact) mass is 234 g/mol. The molecule has 2 rings (SSSR count). The van der Waals surface area contributed by atoms with E-state index in [-0.39, 0.29) is 0 Å². The van der Waals surface area contributed by atoms with Gasteiger partial charge < -0.3 is 4.74 Å². The summed E-state index contributed by atoms with van der Waals surface area (Å²) in [5.41, 5.74) is 0. The molecule has 1 heterocycles. The highest BCUT2D eigenvalue weighted by molar-refractivity contribution is 7.09. The number of aromatic nitrogens is 1. The highest BCUT2D eigenvalue weighted by Crippen LogP contribution is 2.14. The maximum absolute atomic E-state index is 11.4. The second-order valence-corrected chi connectivity index (χ2v) is 4.14. The van der Waals surface area contributed by atoms with Crippen molar-refractivity contribution in [2.75, 3.05) is 5.32 Å². The van der Waals surface area contributed by atoms with Gasteiger partial charge in [-0.1, -0.05) is 18.2 Å². The average molecular weight is 234 g/mol.